The van der Waals surface area contributed by atoms with Crippen LogP contribution in [0.15, 0.2) is 11.2 Å². The Labute approximate surface area is 166 Å². The van der Waals surface area contributed by atoms with Crippen molar-refractivity contribution in [3.63, 3.8) is 0 Å². The predicted octanol–water partition coefficient (Wildman–Crippen LogP) is 2.95. The minimum atomic E-state index is -0.474. The van der Waals surface area contributed by atoms with Crippen LogP contribution in [-0.2, 0) is 11.2 Å². The van der Waals surface area contributed by atoms with Crippen molar-refractivity contribution in [3.05, 3.63) is 16.1 Å². The van der Waals surface area contributed by atoms with E-state index in [1.807, 2.05) is 31.9 Å². The molecule has 0 saturated carbocycles. The molecule has 1 atom stereocenters. The van der Waals surface area contributed by atoms with Gasteiger partial charge in [0.05, 0.1) is 11.0 Å². The van der Waals surface area contributed by atoms with E-state index in [9.17, 15) is 4.79 Å². The Kier molecular flexibility index (Phi) is 7.89. The SMILES string of the molecule is CN=C(NCCc1ncc(C)s1)NCC1CCCCN1C(=O)OC(C)(C)C. The molecule has 0 radical (unpaired) electrons. The lowest BCUT2D eigenvalue weighted by Crippen LogP contribution is -2.52. The summed E-state index contributed by atoms with van der Waals surface area (Å²) in [5.74, 6) is 0.748. The number of ether oxygens (including phenoxy) is 1. The van der Waals surface area contributed by atoms with Crippen LogP contribution in [-0.4, -0.2) is 60.3 Å². The van der Waals surface area contributed by atoms with Crippen LogP contribution in [0.1, 0.15) is 49.9 Å². The number of guanidine groups is 1. The number of hydrogen-bond donors (Lipinski definition) is 2. The van der Waals surface area contributed by atoms with Crippen LogP contribution in [0.3, 0.4) is 0 Å². The smallest absolute Gasteiger partial charge is 0.410 e. The van der Waals surface area contributed by atoms with Gasteiger partial charge in [-0.25, -0.2) is 9.78 Å². The van der Waals surface area contributed by atoms with Gasteiger partial charge in [0.15, 0.2) is 5.96 Å². The van der Waals surface area contributed by atoms with Crippen molar-refractivity contribution < 1.29 is 9.53 Å². The maximum atomic E-state index is 12.5. The zero-order chi connectivity index (χ0) is 19.9. The molecule has 0 bridgehead atoms. The Morgan fingerprint density at radius 1 is 1.41 bits per heavy atom. The summed E-state index contributed by atoms with van der Waals surface area (Å²) in [6.45, 7) is 9.95. The van der Waals surface area contributed by atoms with Crippen molar-refractivity contribution in [1.29, 1.82) is 0 Å². The average Bonchev–Trinajstić information content (AvgIpc) is 3.02. The molecule has 1 aromatic heterocycles. The third-order valence-corrected chi connectivity index (χ3v) is 5.26. The molecule has 1 fully saturated rings. The normalized spacial score (nSPS) is 18.3. The van der Waals surface area contributed by atoms with E-state index < -0.39 is 5.60 Å². The lowest BCUT2D eigenvalue weighted by atomic mass is 10.0. The third-order valence-electron chi connectivity index (χ3n) is 4.28. The Bertz CT molecular complexity index is 638. The second kappa shape index (κ2) is 9.92. The summed E-state index contributed by atoms with van der Waals surface area (Å²) >= 11 is 1.72. The summed E-state index contributed by atoms with van der Waals surface area (Å²) in [7, 11) is 1.76. The molecular formula is C19H33N5O2S. The highest BCUT2D eigenvalue weighted by molar-refractivity contribution is 7.11. The fourth-order valence-corrected chi connectivity index (χ4v) is 3.80. The molecule has 8 heteroatoms. The van der Waals surface area contributed by atoms with Gasteiger partial charge in [0.25, 0.3) is 0 Å². The summed E-state index contributed by atoms with van der Waals surface area (Å²) in [5, 5.41) is 7.79. The second-order valence-electron chi connectivity index (χ2n) is 7.82. The first-order valence-corrected chi connectivity index (χ1v) is 10.5. The zero-order valence-corrected chi connectivity index (χ0v) is 18.0. The summed E-state index contributed by atoms with van der Waals surface area (Å²) in [6.07, 6.45) is 5.67. The van der Waals surface area contributed by atoms with Crippen molar-refractivity contribution in [1.82, 2.24) is 20.5 Å². The van der Waals surface area contributed by atoms with Crippen molar-refractivity contribution in [2.45, 2.75) is 65.0 Å². The molecule has 1 aliphatic rings. The molecule has 7 nitrogen and oxygen atoms in total. The predicted molar refractivity (Wildman–Crippen MR) is 110 cm³/mol. The number of nitrogens with one attached hydrogen (secondary N) is 2. The van der Waals surface area contributed by atoms with Gasteiger partial charge in [0.2, 0.25) is 0 Å². The number of aliphatic imine (C=N–C) groups is 1. The molecular weight excluding hydrogens is 362 g/mol. The topological polar surface area (TPSA) is 78.9 Å². The van der Waals surface area contributed by atoms with Gasteiger partial charge in [0, 0.05) is 44.2 Å². The lowest BCUT2D eigenvalue weighted by molar-refractivity contribution is 0.0104. The number of carbonyl (C=O) groups is 1. The number of thiazole rings is 1. The van der Waals surface area contributed by atoms with Gasteiger partial charge in [-0.1, -0.05) is 0 Å². The molecule has 1 amide bonds. The van der Waals surface area contributed by atoms with Gasteiger partial charge in [-0.2, -0.15) is 0 Å². The summed E-state index contributed by atoms with van der Waals surface area (Å²) in [4.78, 5) is 24.2. The summed E-state index contributed by atoms with van der Waals surface area (Å²) in [6, 6.07) is 0.119. The molecule has 0 aliphatic carbocycles. The fraction of sp³-hybridized carbons (Fsp3) is 0.737. The standard InChI is InChI=1S/C19H33N5O2S/c1-14-12-22-16(27-14)9-10-21-17(20-5)23-13-15-8-6-7-11-24(15)18(25)26-19(2,3)4/h12,15H,6-11,13H2,1-5H3,(H2,20,21,23). The number of rotatable bonds is 5. The van der Waals surface area contributed by atoms with Crippen LogP contribution >= 0.6 is 11.3 Å². The van der Waals surface area contributed by atoms with E-state index in [0.29, 0.717) is 6.54 Å². The number of hydrogen-bond acceptors (Lipinski definition) is 5. The number of amides is 1. The largest absolute Gasteiger partial charge is 0.444 e. The molecule has 1 unspecified atom stereocenters. The molecule has 1 saturated heterocycles. The van der Waals surface area contributed by atoms with Crippen molar-refractivity contribution >= 4 is 23.4 Å². The van der Waals surface area contributed by atoms with Gasteiger partial charge >= 0.3 is 6.09 Å². The Hall–Kier alpha value is -1.83. The second-order valence-corrected chi connectivity index (χ2v) is 9.14. The molecule has 1 aliphatic heterocycles. The molecule has 2 rings (SSSR count). The van der Waals surface area contributed by atoms with Crippen LogP contribution in [0.2, 0.25) is 0 Å². The minimum Gasteiger partial charge on any atom is -0.444 e. The van der Waals surface area contributed by atoms with Crippen LogP contribution in [0.4, 0.5) is 4.79 Å². The molecule has 27 heavy (non-hydrogen) atoms. The monoisotopic (exact) mass is 395 g/mol. The Balaban J connectivity index is 1.81. The van der Waals surface area contributed by atoms with Crippen LogP contribution < -0.4 is 10.6 Å². The van der Waals surface area contributed by atoms with E-state index in [2.05, 4.69) is 27.5 Å². The van der Waals surface area contributed by atoms with Gasteiger partial charge in [-0.3, -0.25) is 4.99 Å². The Morgan fingerprint density at radius 3 is 2.81 bits per heavy atom. The number of nitrogens with zero attached hydrogens (tertiary/aromatic N) is 3. The van der Waals surface area contributed by atoms with Crippen molar-refractivity contribution in [2.24, 2.45) is 4.99 Å². The highest BCUT2D eigenvalue weighted by Crippen LogP contribution is 2.20. The lowest BCUT2D eigenvalue weighted by Gasteiger charge is -2.37. The molecule has 2 N–H and O–H groups in total. The first kappa shape index (κ1) is 21.5. The van der Waals surface area contributed by atoms with Crippen LogP contribution in [0.5, 0.6) is 0 Å². The van der Waals surface area contributed by atoms with E-state index in [1.165, 1.54) is 4.88 Å². The molecule has 0 spiro atoms. The highest BCUT2D eigenvalue weighted by atomic mass is 32.1. The van der Waals surface area contributed by atoms with E-state index in [0.717, 1.165) is 49.7 Å². The van der Waals surface area contributed by atoms with E-state index in [-0.39, 0.29) is 12.1 Å². The third kappa shape index (κ3) is 7.36. The number of piperidine rings is 1. The number of likely N-dealkylation sites (tertiary alicyclic amines) is 1. The van der Waals surface area contributed by atoms with E-state index >= 15 is 0 Å². The first-order chi connectivity index (χ1) is 12.8. The van der Waals surface area contributed by atoms with Gasteiger partial charge in [-0.05, 0) is 47.0 Å². The maximum absolute atomic E-state index is 12.5. The quantitative estimate of drug-likeness (QED) is 0.592. The first-order valence-electron chi connectivity index (χ1n) is 9.64. The van der Waals surface area contributed by atoms with Crippen LogP contribution in [0.25, 0.3) is 0 Å². The van der Waals surface area contributed by atoms with Gasteiger partial charge < -0.3 is 20.3 Å². The fourth-order valence-electron chi connectivity index (χ4n) is 3.01. The van der Waals surface area contributed by atoms with Gasteiger partial charge in [0.1, 0.15) is 5.60 Å². The molecule has 2 heterocycles. The summed E-state index contributed by atoms with van der Waals surface area (Å²) in [5.41, 5.74) is -0.474. The van der Waals surface area contributed by atoms with Gasteiger partial charge in [-0.15, -0.1) is 11.3 Å². The minimum absolute atomic E-state index is 0.119. The maximum Gasteiger partial charge on any atom is 0.410 e. The number of carbonyl (C=O) groups excluding carboxylic acids is 1. The highest BCUT2D eigenvalue weighted by Gasteiger charge is 2.30. The number of aryl methyl sites for hydroxylation is 1. The molecule has 0 aromatic carbocycles. The summed E-state index contributed by atoms with van der Waals surface area (Å²) < 4.78 is 5.56. The van der Waals surface area contributed by atoms with E-state index in [1.54, 1.807) is 18.4 Å². The average molecular weight is 396 g/mol. The van der Waals surface area contributed by atoms with E-state index in [4.69, 9.17) is 4.74 Å². The molecule has 152 valence electrons. The van der Waals surface area contributed by atoms with Crippen molar-refractivity contribution in [3.8, 4) is 0 Å². The zero-order valence-electron chi connectivity index (χ0n) is 17.2. The van der Waals surface area contributed by atoms with Crippen LogP contribution in [0, 0.1) is 6.92 Å². The molecule has 1 aromatic rings. The Morgan fingerprint density at radius 2 is 2.19 bits per heavy atom. The number of aromatic nitrogens is 1. The van der Waals surface area contributed by atoms with Crippen molar-refractivity contribution in [2.75, 3.05) is 26.7 Å².